The summed E-state index contributed by atoms with van der Waals surface area (Å²) >= 11 is 0. The summed E-state index contributed by atoms with van der Waals surface area (Å²) in [7, 11) is 2.30. The Kier molecular flexibility index (Phi) is 5.93. The lowest BCUT2D eigenvalue weighted by Gasteiger charge is -2.33. The van der Waals surface area contributed by atoms with Gasteiger partial charge in [0, 0.05) is 26.3 Å². The Morgan fingerprint density at radius 3 is 1.94 bits per heavy atom. The van der Waals surface area contributed by atoms with Crippen molar-refractivity contribution in [2.24, 2.45) is 23.5 Å². The van der Waals surface area contributed by atoms with Gasteiger partial charge in [-0.3, -0.25) is 0 Å². The van der Waals surface area contributed by atoms with Crippen LogP contribution in [0.15, 0.2) is 0 Å². The van der Waals surface area contributed by atoms with Gasteiger partial charge in [0.15, 0.2) is 0 Å². The molecule has 0 aromatic carbocycles. The fourth-order valence-corrected chi connectivity index (χ4v) is 3.53. The molecule has 0 radical (unpaired) electrons. The molecule has 2 fully saturated rings. The van der Waals surface area contributed by atoms with Crippen molar-refractivity contribution in [3.05, 3.63) is 0 Å². The quantitative estimate of drug-likeness (QED) is 0.816. The molecule has 3 heteroatoms. The fraction of sp³-hybridized carbons (Fsp3) is 1.00. The third-order valence-electron chi connectivity index (χ3n) is 4.78. The lowest BCUT2D eigenvalue weighted by Crippen LogP contribution is -2.34. The van der Waals surface area contributed by atoms with E-state index in [1.54, 1.807) is 0 Å². The summed E-state index contributed by atoms with van der Waals surface area (Å²) in [6.45, 7) is 5.39. The van der Waals surface area contributed by atoms with Crippen LogP contribution in [0.2, 0.25) is 0 Å². The predicted molar refractivity (Wildman–Crippen MR) is 75.5 cm³/mol. The average Bonchev–Trinajstić information content (AvgIpc) is 2.40. The molecular formula is C15H30N2O. The Morgan fingerprint density at radius 2 is 1.39 bits per heavy atom. The second-order valence-electron chi connectivity index (χ2n) is 6.40. The maximum Gasteiger partial charge on any atom is 0.0469 e. The van der Waals surface area contributed by atoms with Gasteiger partial charge in [0.25, 0.3) is 0 Å². The number of nitrogens with two attached hydrogens (primary N) is 1. The molecule has 0 amide bonds. The minimum absolute atomic E-state index is 0.807. The molecule has 18 heavy (non-hydrogen) atoms. The minimum Gasteiger partial charge on any atom is -0.381 e. The molecule has 1 aliphatic carbocycles. The summed E-state index contributed by atoms with van der Waals surface area (Å²) < 4.78 is 5.43. The van der Waals surface area contributed by atoms with Gasteiger partial charge in [-0.25, -0.2) is 0 Å². The van der Waals surface area contributed by atoms with E-state index in [1.807, 2.05) is 0 Å². The minimum atomic E-state index is 0.807. The van der Waals surface area contributed by atoms with Crippen LogP contribution in [0.4, 0.5) is 0 Å². The van der Waals surface area contributed by atoms with E-state index in [-0.39, 0.29) is 0 Å². The first-order chi connectivity index (χ1) is 8.78. The molecule has 0 spiro atoms. The molecule has 3 nitrogen and oxygen atoms in total. The highest BCUT2D eigenvalue weighted by molar-refractivity contribution is 4.76. The van der Waals surface area contributed by atoms with Gasteiger partial charge in [0.1, 0.15) is 0 Å². The zero-order valence-electron chi connectivity index (χ0n) is 11.9. The number of rotatable bonds is 5. The van der Waals surface area contributed by atoms with Crippen LogP contribution >= 0.6 is 0 Å². The van der Waals surface area contributed by atoms with E-state index in [9.17, 15) is 0 Å². The van der Waals surface area contributed by atoms with Crippen molar-refractivity contribution in [3.8, 4) is 0 Å². The van der Waals surface area contributed by atoms with Gasteiger partial charge in [-0.05, 0) is 69.9 Å². The van der Waals surface area contributed by atoms with Gasteiger partial charge >= 0.3 is 0 Å². The molecule has 106 valence electrons. The first-order valence-electron chi connectivity index (χ1n) is 7.74. The topological polar surface area (TPSA) is 38.5 Å². The SMILES string of the molecule is CN(CC1CCOCC1)CC1CCC(CN)CC1. The maximum atomic E-state index is 5.75. The van der Waals surface area contributed by atoms with Gasteiger partial charge in [0.05, 0.1) is 0 Å². The molecule has 1 aliphatic heterocycles. The molecule has 1 saturated carbocycles. The van der Waals surface area contributed by atoms with Crippen LogP contribution < -0.4 is 5.73 Å². The molecule has 2 N–H and O–H groups in total. The van der Waals surface area contributed by atoms with E-state index >= 15 is 0 Å². The first kappa shape index (κ1) is 14.3. The van der Waals surface area contributed by atoms with Gasteiger partial charge in [-0.2, -0.15) is 0 Å². The lowest BCUT2D eigenvalue weighted by atomic mass is 9.82. The normalized spacial score (nSPS) is 30.8. The Morgan fingerprint density at radius 1 is 0.889 bits per heavy atom. The van der Waals surface area contributed by atoms with Crippen molar-refractivity contribution in [2.45, 2.75) is 38.5 Å². The second-order valence-corrected chi connectivity index (χ2v) is 6.40. The van der Waals surface area contributed by atoms with Crippen molar-refractivity contribution in [2.75, 3.05) is 39.9 Å². The summed E-state index contributed by atoms with van der Waals surface area (Å²) in [5.74, 6) is 2.59. The van der Waals surface area contributed by atoms with Crippen LogP contribution in [-0.2, 0) is 4.74 Å². The van der Waals surface area contributed by atoms with E-state index in [2.05, 4.69) is 11.9 Å². The molecule has 2 rings (SSSR count). The molecule has 0 atom stereocenters. The summed E-state index contributed by atoms with van der Waals surface area (Å²) in [5.41, 5.74) is 5.75. The van der Waals surface area contributed by atoms with Crippen LogP contribution in [0.3, 0.4) is 0 Å². The predicted octanol–water partition coefficient (Wildman–Crippen LogP) is 2.11. The molecule has 2 aliphatic rings. The third-order valence-corrected chi connectivity index (χ3v) is 4.78. The summed E-state index contributed by atoms with van der Waals surface area (Å²) in [6.07, 6.45) is 7.99. The van der Waals surface area contributed by atoms with Gasteiger partial charge in [-0.15, -0.1) is 0 Å². The molecule has 1 saturated heterocycles. The van der Waals surface area contributed by atoms with E-state index in [0.29, 0.717) is 0 Å². The van der Waals surface area contributed by atoms with Gasteiger partial charge in [0.2, 0.25) is 0 Å². The molecule has 0 aromatic heterocycles. The Balaban J connectivity index is 1.63. The lowest BCUT2D eigenvalue weighted by molar-refractivity contribution is 0.0527. The average molecular weight is 254 g/mol. The van der Waals surface area contributed by atoms with Crippen molar-refractivity contribution >= 4 is 0 Å². The molecule has 0 bridgehead atoms. The van der Waals surface area contributed by atoms with Gasteiger partial charge in [-0.1, -0.05) is 0 Å². The number of nitrogens with zero attached hydrogens (tertiary/aromatic N) is 1. The maximum absolute atomic E-state index is 5.75. The summed E-state index contributed by atoms with van der Waals surface area (Å²) in [5, 5.41) is 0. The zero-order chi connectivity index (χ0) is 12.8. The Labute approximate surface area is 112 Å². The van der Waals surface area contributed by atoms with Gasteiger partial charge < -0.3 is 15.4 Å². The number of hydrogen-bond acceptors (Lipinski definition) is 3. The highest BCUT2D eigenvalue weighted by atomic mass is 16.5. The monoisotopic (exact) mass is 254 g/mol. The third kappa shape index (κ3) is 4.52. The highest BCUT2D eigenvalue weighted by Gasteiger charge is 2.22. The molecule has 0 unspecified atom stereocenters. The van der Waals surface area contributed by atoms with Crippen molar-refractivity contribution in [1.29, 1.82) is 0 Å². The molecule has 0 aromatic rings. The van der Waals surface area contributed by atoms with Crippen molar-refractivity contribution < 1.29 is 4.74 Å². The number of hydrogen-bond donors (Lipinski definition) is 1. The van der Waals surface area contributed by atoms with Crippen molar-refractivity contribution in [3.63, 3.8) is 0 Å². The number of ether oxygens (including phenoxy) is 1. The Bertz CT molecular complexity index is 221. The molecule has 1 heterocycles. The van der Waals surface area contributed by atoms with Crippen LogP contribution in [0.25, 0.3) is 0 Å². The van der Waals surface area contributed by atoms with Crippen molar-refractivity contribution in [1.82, 2.24) is 4.90 Å². The largest absolute Gasteiger partial charge is 0.381 e. The second kappa shape index (κ2) is 7.46. The standard InChI is InChI=1S/C15H30N2O/c1-17(12-15-6-8-18-9-7-15)11-14-4-2-13(10-16)3-5-14/h13-15H,2-12,16H2,1H3. The molecular weight excluding hydrogens is 224 g/mol. The summed E-state index contributed by atoms with van der Waals surface area (Å²) in [6, 6.07) is 0. The fourth-order valence-electron chi connectivity index (χ4n) is 3.53. The van der Waals surface area contributed by atoms with E-state index in [4.69, 9.17) is 10.5 Å². The summed E-state index contributed by atoms with van der Waals surface area (Å²) in [4.78, 5) is 2.56. The first-order valence-corrected chi connectivity index (χ1v) is 7.74. The zero-order valence-corrected chi connectivity index (χ0v) is 11.9. The van der Waals surface area contributed by atoms with Crippen LogP contribution in [0.1, 0.15) is 38.5 Å². The van der Waals surface area contributed by atoms with Crippen LogP contribution in [-0.4, -0.2) is 44.8 Å². The van der Waals surface area contributed by atoms with E-state index in [1.165, 1.54) is 51.6 Å². The van der Waals surface area contributed by atoms with E-state index in [0.717, 1.165) is 37.5 Å². The van der Waals surface area contributed by atoms with E-state index < -0.39 is 0 Å². The van der Waals surface area contributed by atoms with Crippen LogP contribution in [0, 0.1) is 17.8 Å². The highest BCUT2D eigenvalue weighted by Crippen LogP contribution is 2.28. The van der Waals surface area contributed by atoms with Crippen LogP contribution in [0.5, 0.6) is 0 Å². The smallest absolute Gasteiger partial charge is 0.0469 e. The Hall–Kier alpha value is -0.120.